The van der Waals surface area contributed by atoms with Gasteiger partial charge in [-0.2, -0.15) is 0 Å². The molecule has 0 aliphatic carbocycles. The number of nitrogens with zero attached hydrogens (tertiary/aromatic N) is 1. The molecule has 20 heavy (non-hydrogen) atoms. The molecule has 1 aliphatic rings. The third-order valence-corrected chi connectivity index (χ3v) is 5.18. The molecule has 2 rings (SSSR count). The molecular formula is C14H16FNO3S. The van der Waals surface area contributed by atoms with Crippen molar-refractivity contribution in [3.63, 3.8) is 0 Å². The van der Waals surface area contributed by atoms with Gasteiger partial charge >= 0.3 is 0 Å². The van der Waals surface area contributed by atoms with E-state index in [1.807, 2.05) is 0 Å². The molecule has 1 aromatic rings. The third kappa shape index (κ3) is 2.65. The molecular weight excluding hydrogens is 281 g/mol. The van der Waals surface area contributed by atoms with E-state index in [0.29, 0.717) is 25.2 Å². The van der Waals surface area contributed by atoms with Crippen LogP contribution in [0.5, 0.6) is 0 Å². The first kappa shape index (κ1) is 14.8. The fourth-order valence-electron chi connectivity index (χ4n) is 2.27. The van der Waals surface area contributed by atoms with Crippen molar-refractivity contribution in [1.29, 1.82) is 0 Å². The minimum atomic E-state index is -3.60. The summed E-state index contributed by atoms with van der Waals surface area (Å²) in [5.41, 5.74) is 0.209. The zero-order valence-electron chi connectivity index (χ0n) is 11.1. The van der Waals surface area contributed by atoms with Gasteiger partial charge in [-0.1, -0.05) is 12.8 Å². The van der Waals surface area contributed by atoms with Gasteiger partial charge in [-0.15, -0.1) is 6.42 Å². The largest absolute Gasteiger partial charge is 0.391 e. The van der Waals surface area contributed by atoms with Gasteiger partial charge in [0, 0.05) is 18.8 Å². The van der Waals surface area contributed by atoms with Gasteiger partial charge in [0.05, 0.1) is 22.3 Å². The number of sulfone groups is 1. The SMILES string of the molecule is C#Cc1c(F)cc(N2CC[C@@H](O)C2)cc1S(=O)(=O)CC. The smallest absolute Gasteiger partial charge is 0.179 e. The Morgan fingerprint density at radius 3 is 2.75 bits per heavy atom. The van der Waals surface area contributed by atoms with Crippen LogP contribution in [0.15, 0.2) is 17.0 Å². The van der Waals surface area contributed by atoms with Crippen LogP contribution in [0, 0.1) is 18.2 Å². The lowest BCUT2D eigenvalue weighted by atomic mass is 10.2. The summed E-state index contributed by atoms with van der Waals surface area (Å²) in [4.78, 5) is 1.60. The summed E-state index contributed by atoms with van der Waals surface area (Å²) in [6, 6.07) is 2.62. The first-order valence-electron chi connectivity index (χ1n) is 6.35. The highest BCUT2D eigenvalue weighted by Crippen LogP contribution is 2.28. The van der Waals surface area contributed by atoms with E-state index in [1.165, 1.54) is 19.1 Å². The first-order chi connectivity index (χ1) is 9.39. The molecule has 0 unspecified atom stereocenters. The normalized spacial score (nSPS) is 19.1. The second-order valence-corrected chi connectivity index (χ2v) is 6.98. The van der Waals surface area contributed by atoms with E-state index in [4.69, 9.17) is 6.42 Å². The number of halogens is 1. The van der Waals surface area contributed by atoms with Gasteiger partial charge in [-0.3, -0.25) is 0 Å². The number of anilines is 1. The second-order valence-electron chi connectivity index (χ2n) is 4.74. The Bertz CT molecular complexity index is 664. The molecule has 4 nitrogen and oxygen atoms in total. The molecule has 1 saturated heterocycles. The number of aliphatic hydroxyl groups is 1. The van der Waals surface area contributed by atoms with Gasteiger partial charge in [-0.25, -0.2) is 12.8 Å². The minimum absolute atomic E-state index is 0.146. The Hall–Kier alpha value is -1.58. The van der Waals surface area contributed by atoms with Crippen molar-refractivity contribution in [1.82, 2.24) is 0 Å². The lowest BCUT2D eigenvalue weighted by molar-refractivity contribution is 0.198. The van der Waals surface area contributed by atoms with Crippen molar-refractivity contribution in [2.75, 3.05) is 23.7 Å². The predicted octanol–water partition coefficient (Wildman–Crippen LogP) is 1.17. The number of β-amino-alcohol motifs (C(OH)–C–C–N with tert-alkyl or cyclic N) is 1. The molecule has 1 atom stereocenters. The van der Waals surface area contributed by atoms with Gasteiger partial charge in [0.1, 0.15) is 5.82 Å². The Labute approximate surface area is 118 Å². The van der Waals surface area contributed by atoms with E-state index in [2.05, 4.69) is 5.92 Å². The Kier molecular flexibility index (Phi) is 4.02. The third-order valence-electron chi connectivity index (χ3n) is 3.43. The Balaban J connectivity index is 2.56. The van der Waals surface area contributed by atoms with E-state index < -0.39 is 21.8 Å². The van der Waals surface area contributed by atoms with Gasteiger partial charge in [0.15, 0.2) is 9.84 Å². The van der Waals surface area contributed by atoms with Crippen molar-refractivity contribution in [2.45, 2.75) is 24.3 Å². The van der Waals surface area contributed by atoms with Crippen LogP contribution in [0.25, 0.3) is 0 Å². The summed E-state index contributed by atoms with van der Waals surface area (Å²) in [6.07, 6.45) is 5.32. The van der Waals surface area contributed by atoms with E-state index in [-0.39, 0.29) is 16.2 Å². The number of hydrogen-bond donors (Lipinski definition) is 1. The molecule has 0 aromatic heterocycles. The Morgan fingerprint density at radius 1 is 1.55 bits per heavy atom. The summed E-state index contributed by atoms with van der Waals surface area (Å²) < 4.78 is 38.1. The second kappa shape index (κ2) is 5.43. The monoisotopic (exact) mass is 297 g/mol. The van der Waals surface area contributed by atoms with Crippen LogP contribution < -0.4 is 4.90 Å². The van der Waals surface area contributed by atoms with E-state index in [9.17, 15) is 17.9 Å². The lowest BCUT2D eigenvalue weighted by Crippen LogP contribution is -2.22. The molecule has 0 spiro atoms. The van der Waals surface area contributed by atoms with Gasteiger partial charge in [0.25, 0.3) is 0 Å². The van der Waals surface area contributed by atoms with Crippen LogP contribution in [0.2, 0.25) is 0 Å². The van der Waals surface area contributed by atoms with E-state index in [1.54, 1.807) is 4.90 Å². The van der Waals surface area contributed by atoms with Crippen LogP contribution in [0.3, 0.4) is 0 Å². The van der Waals surface area contributed by atoms with Gasteiger partial charge < -0.3 is 10.0 Å². The average molecular weight is 297 g/mol. The maximum atomic E-state index is 14.0. The molecule has 1 aromatic carbocycles. The number of aliphatic hydroxyl groups excluding tert-OH is 1. The maximum absolute atomic E-state index is 14.0. The van der Waals surface area contributed by atoms with Crippen molar-refractivity contribution in [3.05, 3.63) is 23.5 Å². The number of rotatable bonds is 3. The fraction of sp³-hybridized carbons (Fsp3) is 0.429. The van der Waals surface area contributed by atoms with Crippen molar-refractivity contribution < 1.29 is 17.9 Å². The van der Waals surface area contributed by atoms with E-state index >= 15 is 0 Å². The summed E-state index contributed by atoms with van der Waals surface area (Å²) >= 11 is 0. The Morgan fingerprint density at radius 2 is 2.25 bits per heavy atom. The highest BCUT2D eigenvalue weighted by atomic mass is 32.2. The zero-order chi connectivity index (χ0) is 14.9. The fourth-order valence-corrected chi connectivity index (χ4v) is 3.35. The molecule has 0 amide bonds. The van der Waals surface area contributed by atoms with Crippen LogP contribution in [-0.4, -0.2) is 38.5 Å². The van der Waals surface area contributed by atoms with Crippen LogP contribution >= 0.6 is 0 Å². The number of hydrogen-bond acceptors (Lipinski definition) is 4. The van der Waals surface area contributed by atoms with Crippen molar-refractivity contribution in [3.8, 4) is 12.3 Å². The van der Waals surface area contributed by atoms with Crippen LogP contribution in [-0.2, 0) is 9.84 Å². The van der Waals surface area contributed by atoms with Crippen molar-refractivity contribution in [2.24, 2.45) is 0 Å². The molecule has 1 N–H and O–H groups in total. The highest BCUT2D eigenvalue weighted by Gasteiger charge is 2.25. The predicted molar refractivity (Wildman–Crippen MR) is 74.9 cm³/mol. The van der Waals surface area contributed by atoms with Crippen LogP contribution in [0.1, 0.15) is 18.9 Å². The molecule has 1 heterocycles. The quantitative estimate of drug-likeness (QED) is 0.851. The lowest BCUT2D eigenvalue weighted by Gasteiger charge is -2.19. The summed E-state index contributed by atoms with van der Waals surface area (Å²) in [6.45, 7) is 2.40. The van der Waals surface area contributed by atoms with E-state index in [0.717, 1.165) is 0 Å². The zero-order valence-corrected chi connectivity index (χ0v) is 12.0. The molecule has 0 bridgehead atoms. The van der Waals surface area contributed by atoms with Gasteiger partial charge in [0.2, 0.25) is 0 Å². The maximum Gasteiger partial charge on any atom is 0.179 e. The molecule has 108 valence electrons. The standard InChI is InChI=1S/C14H16FNO3S/c1-3-12-13(15)7-10(16-6-5-11(17)9-16)8-14(12)20(18,19)4-2/h1,7-8,11,17H,4-6,9H2,2H3/t11-/m1/s1. The summed E-state index contributed by atoms with van der Waals surface area (Å²) in [5.74, 6) is 1.24. The van der Waals surface area contributed by atoms with Crippen LogP contribution in [0.4, 0.5) is 10.1 Å². The minimum Gasteiger partial charge on any atom is -0.391 e. The molecule has 1 fully saturated rings. The highest BCUT2D eigenvalue weighted by molar-refractivity contribution is 7.91. The topological polar surface area (TPSA) is 57.6 Å². The van der Waals surface area contributed by atoms with Gasteiger partial charge in [-0.05, 0) is 18.6 Å². The molecule has 1 aliphatic heterocycles. The molecule has 6 heteroatoms. The molecule has 0 saturated carbocycles. The summed E-state index contributed by atoms with van der Waals surface area (Å²) in [5, 5.41) is 9.52. The summed E-state index contributed by atoms with van der Waals surface area (Å²) in [7, 11) is -3.60. The number of terminal acetylenes is 1. The number of benzene rings is 1. The first-order valence-corrected chi connectivity index (χ1v) is 8.00. The average Bonchev–Trinajstić information content (AvgIpc) is 2.84. The van der Waals surface area contributed by atoms with Crippen molar-refractivity contribution >= 4 is 15.5 Å². The molecule has 0 radical (unpaired) electrons.